The maximum Gasteiger partial charge on any atom is 0.164 e. The molecule has 0 bridgehead atoms. The first-order chi connectivity index (χ1) is 23.3. The molecule has 0 aliphatic rings. The molecule has 5 heteroatoms. The van der Waals surface area contributed by atoms with E-state index in [1.165, 1.54) is 5.39 Å². The minimum absolute atomic E-state index is 0.628. The number of para-hydroxylation sites is 3. The minimum Gasteiger partial charge on any atom is -0.292 e. The van der Waals surface area contributed by atoms with Crippen LogP contribution in [0.3, 0.4) is 0 Å². The van der Waals surface area contributed by atoms with Crippen molar-refractivity contribution in [3.8, 4) is 56.4 Å². The second-order valence-electron chi connectivity index (χ2n) is 11.5. The molecule has 0 spiro atoms. The molecular weight excluding hydrogens is 574 g/mol. The molecule has 0 fully saturated rings. The van der Waals surface area contributed by atoms with Crippen LogP contribution in [0.1, 0.15) is 0 Å². The molecule has 3 aromatic heterocycles. The summed E-state index contributed by atoms with van der Waals surface area (Å²) in [6, 6.07) is 56.3. The van der Waals surface area contributed by atoms with Crippen LogP contribution in [0.4, 0.5) is 0 Å². The smallest absolute Gasteiger partial charge is 0.164 e. The molecule has 0 radical (unpaired) electrons. The predicted octanol–water partition coefficient (Wildman–Crippen LogP) is 10.2. The Morgan fingerprint density at radius 2 is 0.745 bits per heavy atom. The molecule has 220 valence electrons. The Morgan fingerprint density at radius 1 is 0.319 bits per heavy atom. The lowest BCUT2D eigenvalue weighted by Gasteiger charge is -2.17. The maximum absolute atomic E-state index is 5.23. The second-order valence-corrected chi connectivity index (χ2v) is 11.5. The van der Waals surface area contributed by atoms with Crippen molar-refractivity contribution in [3.05, 3.63) is 164 Å². The highest BCUT2D eigenvalue weighted by atomic mass is 15.0. The number of hydrogen-bond acceptors (Lipinski definition) is 4. The van der Waals surface area contributed by atoms with E-state index in [1.807, 2.05) is 66.7 Å². The first-order valence-electron chi connectivity index (χ1n) is 15.7. The standard InChI is InChI=1S/C42H27N5/c1-4-14-28(15-5-1)37-33-20-10-12-22-35(33)47-36-23-13-11-21-34(36)43-42(47)38(37)29-24-26-32(27-25-29)41-45-39(30-16-6-2-7-17-30)44-40(46-41)31-18-8-3-9-19-31/h1-27H. The van der Waals surface area contributed by atoms with E-state index in [9.17, 15) is 0 Å². The molecule has 0 unspecified atom stereocenters. The van der Waals surface area contributed by atoms with Crippen LogP contribution in [-0.2, 0) is 0 Å². The zero-order valence-electron chi connectivity index (χ0n) is 25.3. The van der Waals surface area contributed by atoms with Crippen LogP contribution >= 0.6 is 0 Å². The van der Waals surface area contributed by atoms with Gasteiger partial charge in [-0.25, -0.2) is 19.9 Å². The van der Waals surface area contributed by atoms with E-state index in [0.29, 0.717) is 17.5 Å². The highest BCUT2D eigenvalue weighted by molar-refractivity contribution is 6.10. The molecule has 0 N–H and O–H groups in total. The van der Waals surface area contributed by atoms with Crippen LogP contribution < -0.4 is 0 Å². The van der Waals surface area contributed by atoms with Crippen molar-refractivity contribution in [2.24, 2.45) is 0 Å². The summed E-state index contributed by atoms with van der Waals surface area (Å²) in [5.74, 6) is 1.91. The van der Waals surface area contributed by atoms with E-state index in [-0.39, 0.29) is 0 Å². The van der Waals surface area contributed by atoms with Gasteiger partial charge in [-0.15, -0.1) is 0 Å². The van der Waals surface area contributed by atoms with Crippen LogP contribution in [0.5, 0.6) is 0 Å². The fourth-order valence-electron chi connectivity index (χ4n) is 6.47. The molecule has 0 aliphatic heterocycles. The van der Waals surface area contributed by atoms with Crippen LogP contribution in [0.25, 0.3) is 84.0 Å². The zero-order valence-corrected chi connectivity index (χ0v) is 25.3. The topological polar surface area (TPSA) is 56.0 Å². The Kier molecular flexibility index (Phi) is 6.39. The van der Waals surface area contributed by atoms with Crippen molar-refractivity contribution in [1.82, 2.24) is 24.3 Å². The van der Waals surface area contributed by atoms with E-state index in [0.717, 1.165) is 61.1 Å². The summed E-state index contributed by atoms with van der Waals surface area (Å²) in [4.78, 5) is 20.0. The van der Waals surface area contributed by atoms with Crippen LogP contribution in [0.2, 0.25) is 0 Å². The van der Waals surface area contributed by atoms with Crippen LogP contribution in [0, 0.1) is 0 Å². The van der Waals surface area contributed by atoms with Gasteiger partial charge < -0.3 is 0 Å². The van der Waals surface area contributed by atoms with Crippen molar-refractivity contribution in [3.63, 3.8) is 0 Å². The van der Waals surface area contributed by atoms with Crippen molar-refractivity contribution in [1.29, 1.82) is 0 Å². The Hall–Kier alpha value is -6.46. The average molecular weight is 602 g/mol. The van der Waals surface area contributed by atoms with Gasteiger partial charge >= 0.3 is 0 Å². The number of fused-ring (bicyclic) bond motifs is 5. The third kappa shape index (κ3) is 4.64. The van der Waals surface area contributed by atoms with Gasteiger partial charge in [-0.2, -0.15) is 0 Å². The van der Waals surface area contributed by atoms with Gasteiger partial charge in [-0.1, -0.05) is 146 Å². The summed E-state index contributed by atoms with van der Waals surface area (Å²) in [7, 11) is 0. The van der Waals surface area contributed by atoms with E-state index >= 15 is 0 Å². The number of aromatic nitrogens is 5. The fraction of sp³-hybridized carbons (Fsp3) is 0. The van der Waals surface area contributed by atoms with Gasteiger partial charge in [-0.05, 0) is 29.3 Å². The molecule has 9 rings (SSSR count). The van der Waals surface area contributed by atoms with Gasteiger partial charge in [0, 0.05) is 33.2 Å². The molecule has 47 heavy (non-hydrogen) atoms. The summed E-state index contributed by atoms with van der Waals surface area (Å²) in [6.07, 6.45) is 0. The molecule has 0 amide bonds. The lowest BCUT2D eigenvalue weighted by molar-refractivity contribution is 1.07. The number of hydrogen-bond donors (Lipinski definition) is 0. The molecule has 3 heterocycles. The molecule has 6 aromatic carbocycles. The fourth-order valence-corrected chi connectivity index (χ4v) is 6.47. The molecule has 0 saturated carbocycles. The minimum atomic E-state index is 0.628. The monoisotopic (exact) mass is 601 g/mol. The average Bonchev–Trinajstić information content (AvgIpc) is 3.55. The predicted molar refractivity (Wildman–Crippen MR) is 191 cm³/mol. The largest absolute Gasteiger partial charge is 0.292 e. The molecule has 0 saturated heterocycles. The van der Waals surface area contributed by atoms with Gasteiger partial charge in [0.05, 0.1) is 16.6 Å². The van der Waals surface area contributed by atoms with Gasteiger partial charge in [-0.3, -0.25) is 4.40 Å². The zero-order chi connectivity index (χ0) is 31.2. The SMILES string of the molecule is c1ccc(-c2nc(-c3ccccc3)nc(-c3ccc(-c4c(-c5ccccc5)c5ccccc5n5c4nc4ccccc45)cc3)n2)cc1. The Balaban J connectivity index is 1.27. The number of rotatable bonds is 5. The summed E-state index contributed by atoms with van der Waals surface area (Å²) < 4.78 is 2.30. The highest BCUT2D eigenvalue weighted by Crippen LogP contribution is 2.42. The first-order valence-corrected chi connectivity index (χ1v) is 15.7. The number of nitrogens with zero attached hydrogens (tertiary/aromatic N) is 5. The van der Waals surface area contributed by atoms with Crippen molar-refractivity contribution in [2.75, 3.05) is 0 Å². The van der Waals surface area contributed by atoms with Crippen molar-refractivity contribution >= 4 is 27.6 Å². The first kappa shape index (κ1) is 26.9. The van der Waals surface area contributed by atoms with Gasteiger partial charge in [0.1, 0.15) is 5.65 Å². The number of imidazole rings is 1. The highest BCUT2D eigenvalue weighted by Gasteiger charge is 2.21. The quantitative estimate of drug-likeness (QED) is 0.197. The summed E-state index contributed by atoms with van der Waals surface area (Å²) >= 11 is 0. The van der Waals surface area contributed by atoms with Gasteiger partial charge in [0.15, 0.2) is 17.5 Å². The normalized spacial score (nSPS) is 11.4. The molecule has 5 nitrogen and oxygen atoms in total. The lowest BCUT2D eigenvalue weighted by Crippen LogP contribution is -2.00. The van der Waals surface area contributed by atoms with Crippen molar-refractivity contribution in [2.45, 2.75) is 0 Å². The third-order valence-corrected chi connectivity index (χ3v) is 8.64. The summed E-state index contributed by atoms with van der Waals surface area (Å²) in [5.41, 5.74) is 11.4. The third-order valence-electron chi connectivity index (χ3n) is 8.64. The molecule has 9 aromatic rings. The van der Waals surface area contributed by atoms with Crippen LogP contribution in [0.15, 0.2) is 164 Å². The summed E-state index contributed by atoms with van der Waals surface area (Å²) in [6.45, 7) is 0. The van der Waals surface area contributed by atoms with Crippen LogP contribution in [-0.4, -0.2) is 24.3 Å². The summed E-state index contributed by atoms with van der Waals surface area (Å²) in [5, 5.41) is 1.17. The van der Waals surface area contributed by atoms with E-state index in [4.69, 9.17) is 19.9 Å². The molecule has 0 atom stereocenters. The van der Waals surface area contributed by atoms with Crippen molar-refractivity contribution < 1.29 is 0 Å². The second kappa shape index (κ2) is 11.2. The molecule has 0 aliphatic carbocycles. The Labute approximate surface area is 271 Å². The Bertz CT molecular complexity index is 2480. The number of benzene rings is 6. The Morgan fingerprint density at radius 3 is 1.34 bits per heavy atom. The van der Waals surface area contributed by atoms with E-state index in [1.54, 1.807) is 0 Å². The van der Waals surface area contributed by atoms with E-state index in [2.05, 4.69) is 101 Å². The molecular formula is C42H27N5. The van der Waals surface area contributed by atoms with Gasteiger partial charge in [0.2, 0.25) is 0 Å². The lowest BCUT2D eigenvalue weighted by atomic mass is 9.91. The van der Waals surface area contributed by atoms with E-state index < -0.39 is 0 Å². The number of pyridine rings is 1. The van der Waals surface area contributed by atoms with Gasteiger partial charge in [0.25, 0.3) is 0 Å². The maximum atomic E-state index is 5.23.